The van der Waals surface area contributed by atoms with Gasteiger partial charge in [0.25, 0.3) is 5.91 Å². The fourth-order valence-electron chi connectivity index (χ4n) is 5.28. The lowest BCUT2D eigenvalue weighted by Gasteiger charge is -2.15. The van der Waals surface area contributed by atoms with E-state index in [-0.39, 0.29) is 16.8 Å². The van der Waals surface area contributed by atoms with E-state index in [1.807, 2.05) is 0 Å². The lowest BCUT2D eigenvalue weighted by molar-refractivity contribution is 0.102. The van der Waals surface area contributed by atoms with E-state index in [0.717, 1.165) is 25.7 Å². The van der Waals surface area contributed by atoms with Crippen molar-refractivity contribution in [3.8, 4) is 0 Å². The van der Waals surface area contributed by atoms with Crippen LogP contribution in [0, 0.1) is 23.6 Å². The van der Waals surface area contributed by atoms with Gasteiger partial charge in [-0.25, -0.2) is 9.18 Å². The van der Waals surface area contributed by atoms with Crippen molar-refractivity contribution in [1.82, 2.24) is 15.1 Å². The molecule has 172 valence electrons. The first-order chi connectivity index (χ1) is 15.3. The number of nitrogens with one attached hydrogen (secondary N) is 2. The van der Waals surface area contributed by atoms with Crippen LogP contribution in [0.1, 0.15) is 47.7 Å². The topological polar surface area (TPSA) is 111 Å². The van der Waals surface area contributed by atoms with E-state index in [2.05, 4.69) is 20.5 Å². The highest BCUT2D eigenvalue weighted by molar-refractivity contribution is 6.31. The Morgan fingerprint density at radius 3 is 2.59 bits per heavy atom. The second-order valence-electron chi connectivity index (χ2n) is 8.75. The molecule has 1 aromatic carbocycles. The van der Waals surface area contributed by atoms with Crippen LogP contribution in [0.4, 0.5) is 20.7 Å². The summed E-state index contributed by atoms with van der Waals surface area (Å²) in [6.07, 6.45) is 3.52. The van der Waals surface area contributed by atoms with E-state index in [1.54, 1.807) is 7.05 Å². The Morgan fingerprint density at radius 2 is 1.97 bits per heavy atom. The number of nitrogen functional groups attached to an aromatic ring is 1. The van der Waals surface area contributed by atoms with Crippen LogP contribution >= 0.6 is 11.6 Å². The second-order valence-corrected chi connectivity index (χ2v) is 9.16. The maximum atomic E-state index is 13.4. The molecule has 4 rings (SSSR count). The fraction of sp³-hybridized carbons (Fsp3) is 0.500. The van der Waals surface area contributed by atoms with Crippen molar-refractivity contribution in [2.45, 2.75) is 31.6 Å². The summed E-state index contributed by atoms with van der Waals surface area (Å²) in [5.74, 6) is 0.988. The van der Waals surface area contributed by atoms with E-state index in [1.165, 1.54) is 30.0 Å². The highest BCUT2D eigenvalue weighted by atomic mass is 35.5. The number of rotatable bonds is 5. The second kappa shape index (κ2) is 8.97. The number of halogens is 2. The van der Waals surface area contributed by atoms with Crippen LogP contribution < -0.4 is 16.4 Å². The van der Waals surface area contributed by atoms with E-state index in [9.17, 15) is 14.0 Å². The number of hydrogen-bond acceptors (Lipinski definition) is 5. The number of nitrogens with two attached hydrogens (primary N) is 1. The van der Waals surface area contributed by atoms with Crippen LogP contribution in [0.2, 0.25) is 5.02 Å². The van der Waals surface area contributed by atoms with Crippen molar-refractivity contribution in [3.63, 3.8) is 0 Å². The molecule has 4 N–H and O–H groups in total. The first-order valence-electron chi connectivity index (χ1n) is 10.7. The number of amides is 2. The Balaban J connectivity index is 1.46. The summed E-state index contributed by atoms with van der Waals surface area (Å²) in [6, 6.07) is 4.02. The zero-order valence-electron chi connectivity index (χ0n) is 18.0. The Morgan fingerprint density at radius 1 is 1.28 bits per heavy atom. The van der Waals surface area contributed by atoms with Crippen molar-refractivity contribution in [2.24, 2.45) is 24.8 Å². The molecule has 32 heavy (non-hydrogen) atoms. The van der Waals surface area contributed by atoms with Crippen LogP contribution in [0.15, 0.2) is 18.2 Å². The zero-order chi connectivity index (χ0) is 23.0. The van der Waals surface area contributed by atoms with Gasteiger partial charge in [0.1, 0.15) is 17.2 Å². The quantitative estimate of drug-likeness (QED) is 0.622. The predicted octanol–water partition coefficient (Wildman–Crippen LogP) is 3.92. The molecule has 2 aliphatic rings. The van der Waals surface area contributed by atoms with Gasteiger partial charge in [0.15, 0.2) is 0 Å². The number of nitrogens with zero attached hydrogens (tertiary/aromatic N) is 2. The minimum absolute atomic E-state index is 0.0676. The highest BCUT2D eigenvalue weighted by Gasteiger charge is 2.44. The maximum Gasteiger partial charge on any atom is 0.406 e. The Hall–Kier alpha value is -2.81. The number of methoxy groups -OCH3 is 1. The summed E-state index contributed by atoms with van der Waals surface area (Å²) < 4.78 is 19.6. The van der Waals surface area contributed by atoms with Gasteiger partial charge in [-0.1, -0.05) is 11.6 Å². The van der Waals surface area contributed by atoms with Crippen molar-refractivity contribution >= 4 is 35.1 Å². The van der Waals surface area contributed by atoms with Gasteiger partial charge in [0.2, 0.25) is 0 Å². The molecule has 0 spiro atoms. The summed E-state index contributed by atoms with van der Waals surface area (Å²) in [5.41, 5.74) is 7.65. The molecule has 2 saturated carbocycles. The van der Waals surface area contributed by atoms with Crippen LogP contribution in [-0.4, -0.2) is 35.4 Å². The number of ether oxygens (including phenoxy) is 1. The Labute approximate surface area is 190 Å². The Kier molecular flexibility index (Phi) is 6.28. The third kappa shape index (κ3) is 4.39. The van der Waals surface area contributed by atoms with Crippen molar-refractivity contribution < 1.29 is 18.7 Å². The third-order valence-corrected chi connectivity index (χ3v) is 7.03. The molecule has 2 fully saturated rings. The molecule has 0 aliphatic heterocycles. The molecule has 2 atom stereocenters. The van der Waals surface area contributed by atoms with Gasteiger partial charge in [0, 0.05) is 25.2 Å². The van der Waals surface area contributed by atoms with Crippen LogP contribution in [0.5, 0.6) is 0 Å². The average molecular weight is 464 g/mol. The number of carbonyl (C=O) groups excluding carboxylic acids is 2. The molecule has 0 saturated heterocycles. The molecule has 2 amide bonds. The van der Waals surface area contributed by atoms with Crippen molar-refractivity contribution in [2.75, 3.05) is 24.7 Å². The molecular formula is C22H27ClFN5O3. The molecule has 10 heteroatoms. The zero-order valence-corrected chi connectivity index (χ0v) is 18.8. The molecular weight excluding hydrogens is 437 g/mol. The summed E-state index contributed by atoms with van der Waals surface area (Å²) in [4.78, 5) is 24.4. The number of fused-ring (bicyclic) bond motifs is 1. The molecule has 8 nitrogen and oxygen atoms in total. The molecule has 0 radical (unpaired) electrons. The number of aryl methyl sites for hydroxylation is 1. The largest absolute Gasteiger partial charge is 0.453 e. The van der Waals surface area contributed by atoms with Crippen LogP contribution in [0.3, 0.4) is 0 Å². The van der Waals surface area contributed by atoms with Crippen molar-refractivity contribution in [1.29, 1.82) is 0 Å². The van der Waals surface area contributed by atoms with Gasteiger partial charge in [-0.3, -0.25) is 9.48 Å². The maximum absolute atomic E-state index is 13.4. The van der Waals surface area contributed by atoms with Gasteiger partial charge in [-0.15, -0.1) is 0 Å². The molecule has 2 aliphatic carbocycles. The van der Waals surface area contributed by atoms with Crippen molar-refractivity contribution in [3.05, 3.63) is 40.3 Å². The summed E-state index contributed by atoms with van der Waals surface area (Å²) >= 11 is 5.83. The lowest BCUT2D eigenvalue weighted by atomic mass is 9.93. The normalized spacial score (nSPS) is 24.2. The number of carbonyl (C=O) groups is 2. The van der Waals surface area contributed by atoms with Crippen LogP contribution in [0.25, 0.3) is 0 Å². The minimum Gasteiger partial charge on any atom is -0.453 e. The molecule has 2 aromatic rings. The van der Waals surface area contributed by atoms with E-state index in [0.29, 0.717) is 47.1 Å². The highest BCUT2D eigenvalue weighted by Crippen LogP contribution is 2.52. The first-order valence-corrected chi connectivity index (χ1v) is 11.0. The number of aromatic nitrogens is 2. The van der Waals surface area contributed by atoms with E-state index >= 15 is 0 Å². The number of benzene rings is 1. The smallest absolute Gasteiger partial charge is 0.406 e. The fourth-order valence-corrected chi connectivity index (χ4v) is 5.46. The lowest BCUT2D eigenvalue weighted by Crippen LogP contribution is -2.28. The number of anilines is 2. The summed E-state index contributed by atoms with van der Waals surface area (Å²) in [5, 5.41) is 10.1. The monoisotopic (exact) mass is 463 g/mol. The van der Waals surface area contributed by atoms with Gasteiger partial charge in [0.05, 0.1) is 17.8 Å². The standard InChI is InChI=1S/C22H27ClFN5O3/c1-29-20(25)18(21(30)27-15-3-4-17(24)16(23)9-15)19(28-29)14-7-12-5-11(6-13(12)8-14)10-26-22(31)32-2/h3-4,9,11-14H,5-8,10,25H2,1-2H3,(H,26,31)(H,27,30). The molecule has 1 heterocycles. The number of alkyl carbamates (subject to hydrolysis) is 1. The van der Waals surface area contributed by atoms with Gasteiger partial charge in [-0.2, -0.15) is 5.10 Å². The Bertz CT molecular complexity index is 1030. The van der Waals surface area contributed by atoms with E-state index < -0.39 is 11.9 Å². The van der Waals surface area contributed by atoms with Gasteiger partial charge >= 0.3 is 6.09 Å². The summed E-state index contributed by atoms with van der Waals surface area (Å²) in [6.45, 7) is 0.620. The average Bonchev–Trinajstić information content (AvgIpc) is 3.40. The van der Waals surface area contributed by atoms with Gasteiger partial charge < -0.3 is 21.1 Å². The SMILES string of the molecule is COC(=O)NCC1CC2CC(c3nn(C)c(N)c3C(=O)Nc3ccc(F)c(Cl)c3)CC2C1. The van der Waals surface area contributed by atoms with Gasteiger partial charge in [-0.05, 0) is 61.6 Å². The summed E-state index contributed by atoms with van der Waals surface area (Å²) in [7, 11) is 3.08. The first kappa shape index (κ1) is 22.4. The molecule has 2 unspecified atom stereocenters. The number of hydrogen-bond donors (Lipinski definition) is 3. The molecule has 0 bridgehead atoms. The molecule has 1 aromatic heterocycles. The minimum atomic E-state index is -0.552. The van der Waals surface area contributed by atoms with Crippen LogP contribution in [-0.2, 0) is 11.8 Å². The predicted molar refractivity (Wildman–Crippen MR) is 119 cm³/mol. The third-order valence-electron chi connectivity index (χ3n) is 6.74. The van der Waals surface area contributed by atoms with E-state index in [4.69, 9.17) is 17.3 Å².